The minimum atomic E-state index is -1.23. The summed E-state index contributed by atoms with van der Waals surface area (Å²) in [6.07, 6.45) is -1.08. The largest absolute Gasteiger partial charge is 0.481 e. The van der Waals surface area contributed by atoms with Gasteiger partial charge in [-0.05, 0) is 6.92 Å². The summed E-state index contributed by atoms with van der Waals surface area (Å²) in [7, 11) is 0. The Balaban J connectivity index is 3.69. The monoisotopic (exact) mass is 174 g/mol. The summed E-state index contributed by atoms with van der Waals surface area (Å²) >= 11 is 0. The molecule has 12 heavy (non-hydrogen) atoms. The molecule has 0 saturated carbocycles. The van der Waals surface area contributed by atoms with Crippen LogP contribution in [0, 0.1) is 0 Å². The molecule has 0 rings (SSSR count). The van der Waals surface area contributed by atoms with Crippen molar-refractivity contribution in [3.05, 3.63) is 0 Å². The van der Waals surface area contributed by atoms with E-state index in [0.717, 1.165) is 0 Å². The van der Waals surface area contributed by atoms with E-state index in [1.807, 2.05) is 0 Å². The molecular formula is C7H10O5. The van der Waals surface area contributed by atoms with Crippen molar-refractivity contribution in [2.45, 2.75) is 19.8 Å². The Bertz CT molecular complexity index is 196. The van der Waals surface area contributed by atoms with Gasteiger partial charge in [-0.2, -0.15) is 0 Å². The van der Waals surface area contributed by atoms with E-state index in [2.05, 4.69) is 4.74 Å². The molecule has 0 saturated heterocycles. The van der Waals surface area contributed by atoms with Crippen molar-refractivity contribution in [3.63, 3.8) is 0 Å². The molecule has 1 N–H and O–H groups in total. The summed E-state index contributed by atoms with van der Waals surface area (Å²) in [4.78, 5) is 31.2. The average molecular weight is 174 g/mol. The zero-order valence-corrected chi connectivity index (χ0v) is 6.70. The number of rotatable bonds is 5. The van der Waals surface area contributed by atoms with E-state index in [1.54, 1.807) is 6.92 Å². The quantitative estimate of drug-likeness (QED) is 0.468. The van der Waals surface area contributed by atoms with Crippen LogP contribution in [-0.4, -0.2) is 29.4 Å². The minimum absolute atomic E-state index is 0.194. The second kappa shape index (κ2) is 5.29. The highest BCUT2D eigenvalue weighted by Crippen LogP contribution is 1.92. The zero-order chi connectivity index (χ0) is 9.56. The van der Waals surface area contributed by atoms with Crippen LogP contribution in [0.15, 0.2) is 0 Å². The second-order valence-corrected chi connectivity index (χ2v) is 2.09. The van der Waals surface area contributed by atoms with E-state index in [0.29, 0.717) is 0 Å². The van der Waals surface area contributed by atoms with Crippen molar-refractivity contribution in [3.8, 4) is 0 Å². The van der Waals surface area contributed by atoms with Crippen molar-refractivity contribution in [2.24, 2.45) is 0 Å². The lowest BCUT2D eigenvalue weighted by Gasteiger charge is -1.98. The summed E-state index contributed by atoms with van der Waals surface area (Å²) in [6, 6.07) is 0. The third-order valence-electron chi connectivity index (χ3n) is 0.995. The topological polar surface area (TPSA) is 80.7 Å². The van der Waals surface area contributed by atoms with Gasteiger partial charge in [-0.3, -0.25) is 14.4 Å². The summed E-state index contributed by atoms with van der Waals surface area (Å²) in [5.74, 6) is -2.55. The molecule has 0 aliphatic heterocycles. The number of carboxylic acid groups (broad SMARTS) is 1. The normalized spacial score (nSPS) is 9.08. The van der Waals surface area contributed by atoms with Crippen LogP contribution in [0.5, 0.6) is 0 Å². The summed E-state index contributed by atoms with van der Waals surface area (Å²) in [5, 5.41) is 8.15. The van der Waals surface area contributed by atoms with E-state index in [9.17, 15) is 14.4 Å². The maximum Gasteiger partial charge on any atom is 0.313 e. The van der Waals surface area contributed by atoms with Crippen molar-refractivity contribution in [1.29, 1.82) is 0 Å². The van der Waals surface area contributed by atoms with E-state index < -0.39 is 30.6 Å². The summed E-state index contributed by atoms with van der Waals surface area (Å²) < 4.78 is 4.44. The molecule has 0 aromatic rings. The molecule has 0 unspecified atom stereocenters. The van der Waals surface area contributed by atoms with E-state index in [1.165, 1.54) is 0 Å². The number of ketones is 1. The number of ether oxygens (including phenoxy) is 1. The molecule has 5 heteroatoms. The van der Waals surface area contributed by atoms with Crippen LogP contribution < -0.4 is 0 Å². The van der Waals surface area contributed by atoms with Gasteiger partial charge in [0, 0.05) is 0 Å². The van der Waals surface area contributed by atoms with Crippen LogP contribution in [0.3, 0.4) is 0 Å². The highest BCUT2D eigenvalue weighted by molar-refractivity contribution is 6.03. The number of aliphatic carboxylic acids is 1. The van der Waals surface area contributed by atoms with Gasteiger partial charge in [-0.15, -0.1) is 0 Å². The number of esters is 1. The molecule has 0 heterocycles. The smallest absolute Gasteiger partial charge is 0.313 e. The molecule has 0 aliphatic rings. The summed E-state index contributed by atoms with van der Waals surface area (Å²) in [5.41, 5.74) is 0. The summed E-state index contributed by atoms with van der Waals surface area (Å²) in [6.45, 7) is 1.80. The van der Waals surface area contributed by atoms with Crippen LogP contribution in [0.4, 0.5) is 0 Å². The number of hydrogen-bond donors (Lipinski definition) is 1. The molecule has 0 atom stereocenters. The van der Waals surface area contributed by atoms with E-state index in [-0.39, 0.29) is 6.61 Å². The fraction of sp³-hybridized carbons (Fsp3) is 0.571. The van der Waals surface area contributed by atoms with Crippen molar-refractivity contribution < 1.29 is 24.2 Å². The first kappa shape index (κ1) is 10.6. The van der Waals surface area contributed by atoms with E-state index in [4.69, 9.17) is 5.11 Å². The van der Waals surface area contributed by atoms with Gasteiger partial charge in [0.15, 0.2) is 5.78 Å². The first-order valence-corrected chi connectivity index (χ1v) is 3.45. The lowest BCUT2D eigenvalue weighted by atomic mass is 10.2. The molecule has 0 spiro atoms. The zero-order valence-electron chi connectivity index (χ0n) is 6.70. The molecule has 0 amide bonds. The van der Waals surface area contributed by atoms with Crippen molar-refractivity contribution >= 4 is 17.7 Å². The Morgan fingerprint density at radius 1 is 1.25 bits per heavy atom. The SMILES string of the molecule is CCOC(=O)CC(=O)CC(=O)O. The predicted octanol–water partition coefficient (Wildman–Crippen LogP) is -0.0166. The lowest BCUT2D eigenvalue weighted by Crippen LogP contribution is -2.14. The molecule has 0 bridgehead atoms. The van der Waals surface area contributed by atoms with E-state index >= 15 is 0 Å². The average Bonchev–Trinajstić information content (AvgIpc) is 1.84. The lowest BCUT2D eigenvalue weighted by molar-refractivity contribution is -0.146. The fourth-order valence-electron chi connectivity index (χ4n) is 0.604. The van der Waals surface area contributed by atoms with Crippen molar-refractivity contribution in [2.75, 3.05) is 6.61 Å². The molecule has 0 aliphatic carbocycles. The van der Waals surface area contributed by atoms with Crippen LogP contribution in [-0.2, 0) is 19.1 Å². The van der Waals surface area contributed by atoms with Crippen LogP contribution in [0.1, 0.15) is 19.8 Å². The predicted molar refractivity (Wildman–Crippen MR) is 38.5 cm³/mol. The maximum atomic E-state index is 10.7. The molecule has 0 fully saturated rings. The first-order chi connectivity index (χ1) is 5.56. The minimum Gasteiger partial charge on any atom is -0.481 e. The fourth-order valence-corrected chi connectivity index (χ4v) is 0.604. The highest BCUT2D eigenvalue weighted by atomic mass is 16.5. The Morgan fingerprint density at radius 2 is 1.83 bits per heavy atom. The molecule has 68 valence electrons. The number of hydrogen-bond acceptors (Lipinski definition) is 4. The van der Waals surface area contributed by atoms with Gasteiger partial charge < -0.3 is 9.84 Å². The van der Waals surface area contributed by atoms with Crippen molar-refractivity contribution in [1.82, 2.24) is 0 Å². The maximum absolute atomic E-state index is 10.7. The molecule has 0 radical (unpaired) electrons. The second-order valence-electron chi connectivity index (χ2n) is 2.09. The third kappa shape index (κ3) is 5.40. The number of carbonyl (C=O) groups excluding carboxylic acids is 2. The van der Waals surface area contributed by atoms with Crippen LogP contribution in [0.25, 0.3) is 0 Å². The molecule has 0 aromatic carbocycles. The third-order valence-corrected chi connectivity index (χ3v) is 0.995. The van der Waals surface area contributed by atoms with Crippen LogP contribution >= 0.6 is 0 Å². The number of carbonyl (C=O) groups is 3. The highest BCUT2D eigenvalue weighted by Gasteiger charge is 2.12. The first-order valence-electron chi connectivity index (χ1n) is 3.45. The van der Waals surface area contributed by atoms with Gasteiger partial charge in [0.25, 0.3) is 0 Å². The standard InChI is InChI=1S/C7H10O5/c1-2-12-7(11)4-5(8)3-6(9)10/h2-4H2,1H3,(H,9,10). The van der Waals surface area contributed by atoms with Gasteiger partial charge in [0.1, 0.15) is 12.8 Å². The molecule has 0 aromatic heterocycles. The van der Waals surface area contributed by atoms with Crippen LogP contribution in [0.2, 0.25) is 0 Å². The number of Topliss-reactive ketones (excluding diaryl/α,β-unsaturated/α-hetero) is 1. The Hall–Kier alpha value is -1.39. The van der Waals surface area contributed by atoms with Gasteiger partial charge in [-0.25, -0.2) is 0 Å². The Kier molecular flexibility index (Phi) is 4.67. The van der Waals surface area contributed by atoms with Gasteiger partial charge in [0.2, 0.25) is 0 Å². The van der Waals surface area contributed by atoms with Gasteiger partial charge >= 0.3 is 11.9 Å². The van der Waals surface area contributed by atoms with Gasteiger partial charge in [-0.1, -0.05) is 0 Å². The Labute approximate surface area is 69.3 Å². The van der Waals surface area contributed by atoms with Gasteiger partial charge in [0.05, 0.1) is 6.61 Å². The molecule has 5 nitrogen and oxygen atoms in total. The Morgan fingerprint density at radius 3 is 2.25 bits per heavy atom. The molecular weight excluding hydrogens is 164 g/mol. The number of carboxylic acids is 1.